The summed E-state index contributed by atoms with van der Waals surface area (Å²) in [5, 5.41) is 10.7. The average Bonchev–Trinajstić information content (AvgIpc) is 3.00. The normalized spacial score (nSPS) is 16.2. The summed E-state index contributed by atoms with van der Waals surface area (Å²) >= 11 is 0. The van der Waals surface area contributed by atoms with Crippen molar-refractivity contribution in [1.29, 1.82) is 0 Å². The molecule has 0 unspecified atom stereocenters. The van der Waals surface area contributed by atoms with Crippen LogP contribution in [-0.2, 0) is 4.74 Å². The van der Waals surface area contributed by atoms with E-state index in [1.54, 1.807) is 6.20 Å². The molecule has 2 aromatic rings. The largest absolute Gasteiger partial charge is 0.376 e. The maximum Gasteiger partial charge on any atom is 0.251 e. The number of hydrogen-bond donors (Lipinski definition) is 2. The Labute approximate surface area is 124 Å². The van der Waals surface area contributed by atoms with Gasteiger partial charge in [-0.05, 0) is 25.0 Å². The van der Waals surface area contributed by atoms with E-state index in [9.17, 15) is 4.79 Å². The van der Waals surface area contributed by atoms with Crippen LogP contribution in [0.5, 0.6) is 0 Å². The zero-order valence-electron chi connectivity index (χ0n) is 12.1. The lowest BCUT2D eigenvalue weighted by molar-refractivity contribution is 0.0299. The monoisotopic (exact) mass is 287 g/mol. The predicted molar refractivity (Wildman–Crippen MR) is 81.3 cm³/mol. The van der Waals surface area contributed by atoms with Crippen LogP contribution in [0.1, 0.15) is 42.5 Å². The highest BCUT2D eigenvalue weighted by molar-refractivity contribution is 5.97. The number of fused-ring (bicyclic) bond motifs is 1. The molecule has 2 N–H and O–H groups in total. The second-order valence-corrected chi connectivity index (χ2v) is 5.56. The first-order valence-corrected chi connectivity index (χ1v) is 7.66. The van der Waals surface area contributed by atoms with E-state index >= 15 is 0 Å². The summed E-state index contributed by atoms with van der Waals surface area (Å²) in [6.45, 7) is 1.14. The van der Waals surface area contributed by atoms with Crippen molar-refractivity contribution in [3.05, 3.63) is 30.0 Å². The van der Waals surface area contributed by atoms with Crippen molar-refractivity contribution >= 4 is 16.8 Å². The third-order valence-corrected chi connectivity index (χ3v) is 4.00. The van der Waals surface area contributed by atoms with E-state index in [4.69, 9.17) is 4.74 Å². The summed E-state index contributed by atoms with van der Waals surface area (Å²) in [5.41, 5.74) is 1.52. The summed E-state index contributed by atoms with van der Waals surface area (Å²) in [4.78, 5) is 12.1. The number of benzene rings is 1. The van der Waals surface area contributed by atoms with Gasteiger partial charge < -0.3 is 10.1 Å². The number of nitrogens with one attached hydrogen (secondary N) is 2. The minimum Gasteiger partial charge on any atom is -0.376 e. The molecule has 0 bridgehead atoms. The quantitative estimate of drug-likeness (QED) is 0.831. The first-order chi connectivity index (χ1) is 10.3. The lowest BCUT2D eigenvalue weighted by Crippen LogP contribution is -2.29. The molecule has 5 nitrogen and oxygen atoms in total. The van der Waals surface area contributed by atoms with Crippen molar-refractivity contribution in [3.63, 3.8) is 0 Å². The second-order valence-electron chi connectivity index (χ2n) is 5.56. The molecule has 0 spiro atoms. The van der Waals surface area contributed by atoms with Crippen LogP contribution in [0.25, 0.3) is 10.9 Å². The molecule has 1 aromatic heterocycles. The fraction of sp³-hybridized carbons (Fsp3) is 0.500. The first kappa shape index (κ1) is 14.1. The summed E-state index contributed by atoms with van der Waals surface area (Å²) in [6, 6.07) is 5.53. The van der Waals surface area contributed by atoms with Crippen LogP contribution in [0.3, 0.4) is 0 Å². The van der Waals surface area contributed by atoms with Gasteiger partial charge in [-0.25, -0.2) is 0 Å². The zero-order valence-corrected chi connectivity index (χ0v) is 12.1. The first-order valence-electron chi connectivity index (χ1n) is 7.66. The Kier molecular flexibility index (Phi) is 4.50. The molecule has 5 heteroatoms. The number of amides is 1. The number of ether oxygens (including phenoxy) is 1. The Hall–Kier alpha value is -1.88. The summed E-state index contributed by atoms with van der Waals surface area (Å²) < 4.78 is 5.80. The van der Waals surface area contributed by atoms with Crippen molar-refractivity contribution in [2.24, 2.45) is 0 Å². The van der Waals surface area contributed by atoms with Crippen molar-refractivity contribution in [3.8, 4) is 0 Å². The maximum atomic E-state index is 12.1. The van der Waals surface area contributed by atoms with E-state index < -0.39 is 0 Å². The average molecular weight is 287 g/mol. The lowest BCUT2D eigenvalue weighted by Gasteiger charge is -2.21. The third kappa shape index (κ3) is 3.61. The number of carbonyl (C=O) groups excluding carboxylic acids is 1. The van der Waals surface area contributed by atoms with Crippen molar-refractivity contribution < 1.29 is 9.53 Å². The van der Waals surface area contributed by atoms with Gasteiger partial charge in [0.2, 0.25) is 0 Å². The Morgan fingerprint density at radius 3 is 3.05 bits per heavy atom. The van der Waals surface area contributed by atoms with Gasteiger partial charge in [0.15, 0.2) is 0 Å². The van der Waals surface area contributed by atoms with Gasteiger partial charge in [-0.3, -0.25) is 9.89 Å². The smallest absolute Gasteiger partial charge is 0.251 e. The van der Waals surface area contributed by atoms with Gasteiger partial charge >= 0.3 is 0 Å². The summed E-state index contributed by atoms with van der Waals surface area (Å²) in [6.07, 6.45) is 8.30. The van der Waals surface area contributed by atoms with Crippen molar-refractivity contribution in [2.75, 3.05) is 13.2 Å². The van der Waals surface area contributed by atoms with Crippen molar-refractivity contribution in [1.82, 2.24) is 15.5 Å². The molecular weight excluding hydrogens is 266 g/mol. The van der Waals surface area contributed by atoms with Gasteiger partial charge in [-0.1, -0.05) is 25.3 Å². The standard InChI is InChI=1S/C16H21N3O2/c20-16(12-6-7-13-11-18-19-15(13)10-12)17-8-9-21-14-4-2-1-3-5-14/h6-7,10-11,14H,1-5,8-9H2,(H,17,20)(H,18,19). The van der Waals surface area contributed by atoms with Gasteiger partial charge in [0.25, 0.3) is 5.91 Å². The Morgan fingerprint density at radius 2 is 2.19 bits per heavy atom. The van der Waals surface area contributed by atoms with E-state index in [1.165, 1.54) is 19.3 Å². The van der Waals surface area contributed by atoms with Gasteiger partial charge in [-0.15, -0.1) is 0 Å². The minimum absolute atomic E-state index is 0.0706. The number of rotatable bonds is 5. The highest BCUT2D eigenvalue weighted by Gasteiger charge is 2.13. The molecule has 1 aliphatic carbocycles. The fourth-order valence-electron chi connectivity index (χ4n) is 2.80. The molecule has 3 rings (SSSR count). The second kappa shape index (κ2) is 6.72. The molecule has 1 fully saturated rings. The Bertz CT molecular complexity index is 602. The molecule has 1 aromatic carbocycles. The molecule has 1 aliphatic rings. The van der Waals surface area contributed by atoms with Crippen LogP contribution in [0.4, 0.5) is 0 Å². The van der Waals surface area contributed by atoms with Gasteiger partial charge in [0.05, 0.1) is 24.4 Å². The molecule has 21 heavy (non-hydrogen) atoms. The van der Waals surface area contributed by atoms with Gasteiger partial charge in [0.1, 0.15) is 0 Å². The zero-order chi connectivity index (χ0) is 14.5. The van der Waals surface area contributed by atoms with E-state index in [0.717, 1.165) is 23.7 Å². The fourth-order valence-corrected chi connectivity index (χ4v) is 2.80. The van der Waals surface area contributed by atoms with E-state index in [0.29, 0.717) is 24.8 Å². The van der Waals surface area contributed by atoms with Gasteiger partial charge in [-0.2, -0.15) is 5.10 Å². The molecule has 0 aliphatic heterocycles. The molecule has 1 heterocycles. The maximum absolute atomic E-state index is 12.1. The topological polar surface area (TPSA) is 67.0 Å². The molecule has 0 atom stereocenters. The van der Waals surface area contributed by atoms with Crippen LogP contribution in [0.15, 0.2) is 24.4 Å². The van der Waals surface area contributed by atoms with E-state index in [2.05, 4.69) is 15.5 Å². The molecule has 1 saturated carbocycles. The number of carbonyl (C=O) groups is 1. The minimum atomic E-state index is -0.0706. The number of aromatic nitrogens is 2. The highest BCUT2D eigenvalue weighted by atomic mass is 16.5. The number of nitrogens with zero attached hydrogens (tertiary/aromatic N) is 1. The lowest BCUT2D eigenvalue weighted by atomic mass is 9.98. The molecule has 112 valence electrons. The van der Waals surface area contributed by atoms with Crippen LogP contribution in [0.2, 0.25) is 0 Å². The molecule has 0 saturated heterocycles. The summed E-state index contributed by atoms with van der Waals surface area (Å²) in [7, 11) is 0. The van der Waals surface area contributed by atoms with E-state index in [-0.39, 0.29) is 5.91 Å². The van der Waals surface area contributed by atoms with Crippen LogP contribution < -0.4 is 5.32 Å². The Morgan fingerprint density at radius 1 is 1.33 bits per heavy atom. The van der Waals surface area contributed by atoms with E-state index in [1.807, 2.05) is 18.2 Å². The van der Waals surface area contributed by atoms with Crippen LogP contribution in [0, 0.1) is 0 Å². The van der Waals surface area contributed by atoms with Crippen LogP contribution in [-0.4, -0.2) is 35.4 Å². The predicted octanol–water partition coefficient (Wildman–Crippen LogP) is 2.64. The molecular formula is C16H21N3O2. The molecule has 0 radical (unpaired) electrons. The van der Waals surface area contributed by atoms with Gasteiger partial charge in [0, 0.05) is 17.5 Å². The number of hydrogen-bond acceptors (Lipinski definition) is 3. The molecule has 1 amide bonds. The SMILES string of the molecule is O=C(NCCOC1CCCCC1)c1ccc2cn[nH]c2c1. The highest BCUT2D eigenvalue weighted by Crippen LogP contribution is 2.19. The third-order valence-electron chi connectivity index (χ3n) is 4.00. The van der Waals surface area contributed by atoms with Crippen molar-refractivity contribution in [2.45, 2.75) is 38.2 Å². The Balaban J connectivity index is 1.45. The summed E-state index contributed by atoms with van der Waals surface area (Å²) in [5.74, 6) is -0.0706. The van der Waals surface area contributed by atoms with Crippen LogP contribution >= 0.6 is 0 Å². The number of H-pyrrole nitrogens is 1. The number of aromatic amines is 1.